The Labute approximate surface area is 145 Å². The number of ether oxygens (including phenoxy) is 1. The Morgan fingerprint density at radius 2 is 1.88 bits per heavy atom. The van der Waals surface area contributed by atoms with Gasteiger partial charge in [0.2, 0.25) is 5.88 Å². The van der Waals surface area contributed by atoms with Gasteiger partial charge in [-0.25, -0.2) is 4.98 Å². The topological polar surface area (TPSA) is 45.9 Å². The van der Waals surface area contributed by atoms with E-state index in [1.165, 1.54) is 0 Å². The number of halogens is 1. The molecule has 1 heterocycles. The summed E-state index contributed by atoms with van der Waals surface area (Å²) >= 11 is 6.41. The number of hydrogen-bond donors (Lipinski definition) is 0. The lowest BCUT2D eigenvalue weighted by Gasteiger charge is -2.12. The highest BCUT2D eigenvalue weighted by Gasteiger charge is 2.17. The molecule has 0 unspecified atom stereocenters. The number of aromatic nitrogens is 1. The maximum Gasteiger partial charge on any atom is 0.232 e. The molecule has 24 heavy (non-hydrogen) atoms. The van der Waals surface area contributed by atoms with Crippen LogP contribution in [0.1, 0.15) is 12.5 Å². The normalized spacial score (nSPS) is 17.7. The molecular formula is C20H15ClN2O. The molecule has 3 nitrogen and oxygen atoms in total. The van der Waals surface area contributed by atoms with Gasteiger partial charge in [0, 0.05) is 21.4 Å². The molecular weight excluding hydrogens is 320 g/mol. The van der Waals surface area contributed by atoms with Gasteiger partial charge < -0.3 is 4.74 Å². The van der Waals surface area contributed by atoms with Gasteiger partial charge in [-0.1, -0.05) is 60.2 Å². The Morgan fingerprint density at radius 1 is 1.12 bits per heavy atom. The predicted octanol–water partition coefficient (Wildman–Crippen LogP) is 3.36. The number of hydrogen-bond acceptors (Lipinski definition) is 3. The molecule has 1 aliphatic carbocycles. The van der Waals surface area contributed by atoms with E-state index in [2.05, 4.69) is 11.1 Å². The third-order valence-corrected chi connectivity index (χ3v) is 3.95. The molecule has 0 amide bonds. The van der Waals surface area contributed by atoms with Crippen molar-refractivity contribution in [3.05, 3.63) is 69.7 Å². The van der Waals surface area contributed by atoms with Gasteiger partial charge in [0.1, 0.15) is 11.6 Å². The molecule has 1 aromatic heterocycles. The van der Waals surface area contributed by atoms with Crippen molar-refractivity contribution in [2.45, 2.75) is 6.92 Å². The van der Waals surface area contributed by atoms with E-state index < -0.39 is 0 Å². The quantitative estimate of drug-likeness (QED) is 0.864. The van der Waals surface area contributed by atoms with Crippen molar-refractivity contribution < 1.29 is 4.74 Å². The molecule has 0 atom stereocenters. The van der Waals surface area contributed by atoms with Gasteiger partial charge in [0.05, 0.1) is 12.0 Å². The van der Waals surface area contributed by atoms with Crippen LogP contribution < -0.4 is 15.3 Å². The molecule has 0 bridgehead atoms. The van der Waals surface area contributed by atoms with Gasteiger partial charge in [-0.05, 0) is 19.1 Å². The minimum atomic E-state index is 0.330. The lowest BCUT2D eigenvalue weighted by molar-refractivity contribution is 0.325. The Kier molecular flexibility index (Phi) is 4.79. The van der Waals surface area contributed by atoms with E-state index >= 15 is 0 Å². The number of nitriles is 1. The summed E-state index contributed by atoms with van der Waals surface area (Å²) in [7, 11) is 0. The molecule has 0 N–H and O–H groups in total. The summed E-state index contributed by atoms with van der Waals surface area (Å²) in [4.78, 5) is 4.53. The zero-order valence-electron chi connectivity index (χ0n) is 13.2. The van der Waals surface area contributed by atoms with E-state index in [0.29, 0.717) is 23.1 Å². The van der Waals surface area contributed by atoms with Crippen LogP contribution in [-0.4, -0.2) is 11.6 Å². The number of pyridine rings is 1. The molecule has 1 aliphatic rings. The zero-order chi connectivity index (χ0) is 16.9. The molecule has 1 aromatic carbocycles. The highest BCUT2D eigenvalue weighted by atomic mass is 35.5. The van der Waals surface area contributed by atoms with Gasteiger partial charge in [-0.15, -0.1) is 0 Å². The first kappa shape index (κ1) is 16.0. The van der Waals surface area contributed by atoms with Gasteiger partial charge in [-0.3, -0.25) is 0 Å². The average Bonchev–Trinajstić information content (AvgIpc) is 2.56. The van der Waals surface area contributed by atoms with Crippen LogP contribution in [0.25, 0.3) is 23.3 Å². The zero-order valence-corrected chi connectivity index (χ0v) is 13.9. The Balaban J connectivity index is 2.51. The number of rotatable bonds is 3. The largest absolute Gasteiger partial charge is 0.477 e. The summed E-state index contributed by atoms with van der Waals surface area (Å²) in [5.41, 5.74) is 1.93. The second-order valence-electron chi connectivity index (χ2n) is 5.09. The SMILES string of the molecule is CCOc1nc2/c(c(-c3ccccc3Cl)c1C#N)=C\C=C/C=C\C=2. The first-order chi connectivity index (χ1) is 11.8. The van der Waals surface area contributed by atoms with E-state index in [4.69, 9.17) is 16.3 Å². The maximum atomic E-state index is 9.74. The van der Waals surface area contributed by atoms with Gasteiger partial charge in [0.15, 0.2) is 0 Å². The standard InChI is InChI=1S/C20H15ClN2O/c1-2-24-20-16(13-22)19(14-9-7-8-11-17(14)21)15-10-5-3-4-6-12-18(15)23-20/h3-12H,2H2,1H3/b4-3?,5-3-,6-4-,10-5?,12-6?,15-10+,18-12+. The Hall–Kier alpha value is -2.83. The monoisotopic (exact) mass is 334 g/mol. The van der Waals surface area contributed by atoms with Crippen LogP contribution in [0.2, 0.25) is 5.02 Å². The van der Waals surface area contributed by atoms with Crippen LogP contribution in [0.4, 0.5) is 0 Å². The third-order valence-electron chi connectivity index (χ3n) is 3.62. The van der Waals surface area contributed by atoms with E-state index in [1.807, 2.05) is 67.6 Å². The third kappa shape index (κ3) is 2.97. The molecule has 0 fully saturated rings. The summed E-state index contributed by atoms with van der Waals surface area (Å²) in [5.74, 6) is 0.330. The van der Waals surface area contributed by atoms with E-state index in [0.717, 1.165) is 21.7 Å². The number of fused-ring (bicyclic) bond motifs is 1. The fraction of sp³-hybridized carbons (Fsp3) is 0.100. The van der Waals surface area contributed by atoms with E-state index in [1.54, 1.807) is 0 Å². The van der Waals surface area contributed by atoms with Gasteiger partial charge in [0.25, 0.3) is 0 Å². The van der Waals surface area contributed by atoms with Crippen molar-refractivity contribution in [2.75, 3.05) is 6.61 Å². The lowest BCUT2D eigenvalue weighted by atomic mass is 9.98. The fourth-order valence-electron chi connectivity index (χ4n) is 2.61. The molecule has 0 saturated heterocycles. The fourth-order valence-corrected chi connectivity index (χ4v) is 2.84. The van der Waals surface area contributed by atoms with Crippen LogP contribution in [-0.2, 0) is 0 Å². The van der Waals surface area contributed by atoms with Crippen molar-refractivity contribution in [1.29, 1.82) is 5.26 Å². The molecule has 0 spiro atoms. The average molecular weight is 335 g/mol. The number of nitrogens with zero attached hydrogens (tertiary/aromatic N) is 2. The molecule has 118 valence electrons. The first-order valence-electron chi connectivity index (χ1n) is 7.63. The molecule has 0 saturated carbocycles. The number of allylic oxidation sites excluding steroid dienone is 4. The van der Waals surface area contributed by atoms with Crippen LogP contribution in [0.5, 0.6) is 5.88 Å². The van der Waals surface area contributed by atoms with Crippen molar-refractivity contribution in [3.63, 3.8) is 0 Å². The summed E-state index contributed by atoms with van der Waals surface area (Å²) < 4.78 is 5.62. The van der Waals surface area contributed by atoms with Gasteiger partial charge in [-0.2, -0.15) is 5.26 Å². The second kappa shape index (κ2) is 7.16. The summed E-state index contributed by atoms with van der Waals surface area (Å²) in [5, 5.41) is 11.9. The minimum Gasteiger partial charge on any atom is -0.477 e. The van der Waals surface area contributed by atoms with Crippen LogP contribution >= 0.6 is 11.6 Å². The van der Waals surface area contributed by atoms with Crippen LogP contribution in [0, 0.1) is 11.3 Å². The van der Waals surface area contributed by atoms with E-state index in [9.17, 15) is 5.26 Å². The van der Waals surface area contributed by atoms with Crippen LogP contribution in [0.3, 0.4) is 0 Å². The van der Waals surface area contributed by atoms with Crippen molar-refractivity contribution in [1.82, 2.24) is 4.98 Å². The van der Waals surface area contributed by atoms with Crippen molar-refractivity contribution in [3.8, 4) is 23.1 Å². The van der Waals surface area contributed by atoms with Crippen molar-refractivity contribution >= 4 is 23.8 Å². The Bertz CT molecular complexity index is 998. The summed E-state index contributed by atoms with van der Waals surface area (Å²) in [6.07, 6.45) is 11.5. The molecule has 4 heteroatoms. The van der Waals surface area contributed by atoms with Crippen LogP contribution in [0.15, 0.2) is 48.6 Å². The summed E-state index contributed by atoms with van der Waals surface area (Å²) in [6.45, 7) is 2.30. The lowest BCUT2D eigenvalue weighted by Crippen LogP contribution is -2.32. The molecule has 3 rings (SSSR count). The highest BCUT2D eigenvalue weighted by Crippen LogP contribution is 2.30. The first-order valence-corrected chi connectivity index (χ1v) is 8.01. The smallest absolute Gasteiger partial charge is 0.232 e. The molecule has 0 aliphatic heterocycles. The maximum absolute atomic E-state index is 9.74. The van der Waals surface area contributed by atoms with Gasteiger partial charge >= 0.3 is 0 Å². The predicted molar refractivity (Wildman–Crippen MR) is 97.0 cm³/mol. The highest BCUT2D eigenvalue weighted by molar-refractivity contribution is 6.33. The minimum absolute atomic E-state index is 0.330. The molecule has 0 radical (unpaired) electrons. The number of benzene rings is 1. The Morgan fingerprint density at radius 3 is 2.58 bits per heavy atom. The summed E-state index contributed by atoms with van der Waals surface area (Å²) in [6, 6.07) is 9.72. The van der Waals surface area contributed by atoms with Crippen molar-refractivity contribution in [2.24, 2.45) is 0 Å². The molecule has 2 aromatic rings. The second-order valence-corrected chi connectivity index (χ2v) is 5.50. The van der Waals surface area contributed by atoms with E-state index in [-0.39, 0.29) is 0 Å².